The SMILES string of the molecule is Nc1cccc(C(=O)OBO)c1. The predicted molar refractivity (Wildman–Crippen MR) is 45.6 cm³/mol. The highest BCUT2D eigenvalue weighted by Crippen LogP contribution is 2.07. The van der Waals surface area contributed by atoms with Gasteiger partial charge < -0.3 is 15.4 Å². The second-order valence-electron chi connectivity index (χ2n) is 2.19. The lowest BCUT2D eigenvalue weighted by molar-refractivity contribution is 0.0719. The molecule has 4 nitrogen and oxygen atoms in total. The number of benzene rings is 1. The quantitative estimate of drug-likeness (QED) is 0.465. The molecule has 62 valence electrons. The van der Waals surface area contributed by atoms with E-state index in [2.05, 4.69) is 4.65 Å². The lowest BCUT2D eigenvalue weighted by Gasteiger charge is -2.00. The molecule has 5 heteroatoms. The van der Waals surface area contributed by atoms with Crippen LogP contribution in [0, 0.1) is 0 Å². The molecule has 0 aliphatic heterocycles. The molecule has 0 bridgehead atoms. The molecule has 0 atom stereocenters. The third kappa shape index (κ3) is 2.00. The van der Waals surface area contributed by atoms with E-state index in [0.29, 0.717) is 11.3 Å². The number of hydrogen-bond acceptors (Lipinski definition) is 4. The highest BCUT2D eigenvalue weighted by molar-refractivity contribution is 6.22. The molecule has 0 saturated carbocycles. The van der Waals surface area contributed by atoms with Crippen molar-refractivity contribution in [2.24, 2.45) is 0 Å². The summed E-state index contributed by atoms with van der Waals surface area (Å²) in [5.74, 6) is -0.579. The molecule has 0 aliphatic rings. The molecule has 0 unspecified atom stereocenters. The normalized spacial score (nSPS) is 9.08. The van der Waals surface area contributed by atoms with Crippen LogP contribution in [-0.4, -0.2) is 18.7 Å². The number of anilines is 1. The minimum Gasteiger partial charge on any atom is -0.509 e. The predicted octanol–water partition coefficient (Wildman–Crippen LogP) is -0.316. The van der Waals surface area contributed by atoms with Crippen molar-refractivity contribution in [3.8, 4) is 0 Å². The summed E-state index contributed by atoms with van der Waals surface area (Å²) in [6.45, 7) is 0. The second kappa shape index (κ2) is 3.78. The molecular formula is C7H8BNO3. The molecule has 3 N–H and O–H groups in total. The van der Waals surface area contributed by atoms with Crippen molar-refractivity contribution in [2.45, 2.75) is 0 Å². The van der Waals surface area contributed by atoms with Crippen LogP contribution in [0.15, 0.2) is 24.3 Å². The van der Waals surface area contributed by atoms with E-state index >= 15 is 0 Å². The summed E-state index contributed by atoms with van der Waals surface area (Å²) in [4.78, 5) is 11.0. The Balaban J connectivity index is 2.81. The van der Waals surface area contributed by atoms with Gasteiger partial charge in [-0.2, -0.15) is 0 Å². The van der Waals surface area contributed by atoms with Gasteiger partial charge in [0.05, 0.1) is 5.56 Å². The number of carbonyl (C=O) groups excluding carboxylic acids is 1. The Morgan fingerprint density at radius 2 is 2.33 bits per heavy atom. The first-order chi connectivity index (χ1) is 5.74. The van der Waals surface area contributed by atoms with E-state index in [0.717, 1.165) is 0 Å². The summed E-state index contributed by atoms with van der Waals surface area (Å²) in [5, 5.41) is 8.29. The van der Waals surface area contributed by atoms with E-state index in [-0.39, 0.29) is 0 Å². The van der Waals surface area contributed by atoms with E-state index in [1.807, 2.05) is 0 Å². The molecule has 0 radical (unpaired) electrons. The van der Waals surface area contributed by atoms with Gasteiger partial charge in [-0.25, -0.2) is 4.79 Å². The van der Waals surface area contributed by atoms with Gasteiger partial charge in [0.1, 0.15) is 0 Å². The summed E-state index contributed by atoms with van der Waals surface area (Å²) in [5.41, 5.74) is 6.25. The third-order valence-corrected chi connectivity index (χ3v) is 1.32. The number of hydrogen-bond donors (Lipinski definition) is 2. The Morgan fingerprint density at radius 1 is 1.58 bits per heavy atom. The van der Waals surface area contributed by atoms with Crippen molar-refractivity contribution in [1.82, 2.24) is 0 Å². The fourth-order valence-corrected chi connectivity index (χ4v) is 0.808. The van der Waals surface area contributed by atoms with E-state index in [9.17, 15) is 4.79 Å². The Bertz CT molecular complexity index is 290. The van der Waals surface area contributed by atoms with E-state index in [1.54, 1.807) is 18.2 Å². The van der Waals surface area contributed by atoms with Crippen LogP contribution in [0.25, 0.3) is 0 Å². The van der Waals surface area contributed by atoms with Gasteiger partial charge in [-0.1, -0.05) is 6.07 Å². The first-order valence-electron chi connectivity index (χ1n) is 3.37. The lowest BCUT2D eigenvalue weighted by atomic mass is 10.2. The second-order valence-corrected chi connectivity index (χ2v) is 2.19. The van der Waals surface area contributed by atoms with Gasteiger partial charge in [0.2, 0.25) is 0 Å². The molecule has 0 amide bonds. The first-order valence-corrected chi connectivity index (χ1v) is 3.37. The van der Waals surface area contributed by atoms with Gasteiger partial charge in [0.15, 0.2) is 0 Å². The Kier molecular flexibility index (Phi) is 2.71. The van der Waals surface area contributed by atoms with E-state index in [4.69, 9.17) is 10.8 Å². The molecule has 1 aromatic carbocycles. The zero-order chi connectivity index (χ0) is 8.97. The minimum absolute atomic E-state index is 0.337. The molecule has 0 aromatic heterocycles. The van der Waals surface area contributed by atoms with Crippen LogP contribution in [0.1, 0.15) is 10.4 Å². The molecule has 0 aliphatic carbocycles. The zero-order valence-electron chi connectivity index (χ0n) is 6.36. The molecule has 12 heavy (non-hydrogen) atoms. The molecular weight excluding hydrogens is 157 g/mol. The average molecular weight is 165 g/mol. The van der Waals surface area contributed by atoms with E-state index < -0.39 is 13.7 Å². The summed E-state index contributed by atoms with van der Waals surface area (Å²) in [6.07, 6.45) is 0. The topological polar surface area (TPSA) is 72.6 Å². The monoisotopic (exact) mass is 165 g/mol. The van der Waals surface area contributed by atoms with Crippen LogP contribution in [0.3, 0.4) is 0 Å². The summed E-state index contributed by atoms with van der Waals surface area (Å²) >= 11 is 0. The lowest BCUT2D eigenvalue weighted by Crippen LogP contribution is -2.08. The van der Waals surface area contributed by atoms with Gasteiger partial charge in [-0.15, -0.1) is 0 Å². The molecule has 1 aromatic rings. The molecule has 0 spiro atoms. The summed E-state index contributed by atoms with van der Waals surface area (Å²) in [7, 11) is -0.617. The maximum Gasteiger partial charge on any atom is 0.506 e. The van der Waals surface area contributed by atoms with Crippen molar-refractivity contribution >= 4 is 19.3 Å². The van der Waals surface area contributed by atoms with Crippen molar-refractivity contribution in [3.05, 3.63) is 29.8 Å². The van der Waals surface area contributed by atoms with Crippen molar-refractivity contribution in [3.63, 3.8) is 0 Å². The highest BCUT2D eigenvalue weighted by Gasteiger charge is 2.05. The van der Waals surface area contributed by atoms with Crippen LogP contribution < -0.4 is 5.73 Å². The molecule has 0 heterocycles. The molecule has 0 saturated heterocycles. The third-order valence-electron chi connectivity index (χ3n) is 1.32. The van der Waals surface area contributed by atoms with Crippen molar-refractivity contribution < 1.29 is 14.5 Å². The maximum absolute atomic E-state index is 11.0. The number of nitrogens with two attached hydrogens (primary N) is 1. The van der Waals surface area contributed by atoms with Crippen LogP contribution in [-0.2, 0) is 4.65 Å². The first kappa shape index (κ1) is 8.61. The Hall–Kier alpha value is -1.49. The highest BCUT2D eigenvalue weighted by atomic mass is 16.6. The fraction of sp³-hybridized carbons (Fsp3) is 0. The largest absolute Gasteiger partial charge is 0.509 e. The van der Waals surface area contributed by atoms with E-state index in [1.165, 1.54) is 6.07 Å². The number of nitrogen functional groups attached to an aromatic ring is 1. The number of carbonyl (C=O) groups is 1. The Morgan fingerprint density at radius 3 is 2.92 bits per heavy atom. The van der Waals surface area contributed by atoms with Gasteiger partial charge >= 0.3 is 13.7 Å². The number of rotatable bonds is 2. The maximum atomic E-state index is 11.0. The smallest absolute Gasteiger partial charge is 0.506 e. The zero-order valence-corrected chi connectivity index (χ0v) is 6.36. The minimum atomic E-state index is -0.617. The fourth-order valence-electron chi connectivity index (χ4n) is 0.808. The van der Waals surface area contributed by atoms with Gasteiger partial charge in [0.25, 0.3) is 0 Å². The van der Waals surface area contributed by atoms with Crippen LogP contribution in [0.2, 0.25) is 0 Å². The average Bonchev–Trinajstić information content (AvgIpc) is 2.05. The van der Waals surface area contributed by atoms with Crippen molar-refractivity contribution in [1.29, 1.82) is 0 Å². The van der Waals surface area contributed by atoms with Gasteiger partial charge in [-0.05, 0) is 18.2 Å². The summed E-state index contributed by atoms with van der Waals surface area (Å²) in [6, 6.07) is 6.35. The van der Waals surface area contributed by atoms with Crippen LogP contribution in [0.5, 0.6) is 0 Å². The summed E-state index contributed by atoms with van der Waals surface area (Å²) < 4.78 is 4.34. The van der Waals surface area contributed by atoms with Gasteiger partial charge in [-0.3, -0.25) is 0 Å². The van der Waals surface area contributed by atoms with Crippen LogP contribution in [0.4, 0.5) is 5.69 Å². The molecule has 0 fully saturated rings. The van der Waals surface area contributed by atoms with Crippen LogP contribution >= 0.6 is 0 Å². The Labute approximate surface area is 70.3 Å². The van der Waals surface area contributed by atoms with Crippen molar-refractivity contribution in [2.75, 3.05) is 5.73 Å². The molecule has 1 rings (SSSR count). The standard InChI is InChI=1S/C7H8BNO3/c9-6-3-1-2-5(4-6)7(10)12-8-11/h1-4,8,11H,9H2. The van der Waals surface area contributed by atoms with Gasteiger partial charge in [0, 0.05) is 5.69 Å².